The minimum atomic E-state index is -0.299. The van der Waals surface area contributed by atoms with Gasteiger partial charge in [0.1, 0.15) is 6.33 Å². The third-order valence-electron chi connectivity index (χ3n) is 1.64. The molecule has 0 aliphatic rings. The Morgan fingerprint density at radius 1 is 1.83 bits per heavy atom. The van der Waals surface area contributed by atoms with E-state index >= 15 is 0 Å². The molecule has 1 unspecified atom stereocenters. The monoisotopic (exact) mass is 171 g/mol. The van der Waals surface area contributed by atoms with Gasteiger partial charge in [-0.1, -0.05) is 0 Å². The summed E-state index contributed by atoms with van der Waals surface area (Å²) in [6.45, 7) is 2.35. The fourth-order valence-corrected chi connectivity index (χ4v) is 0.987. The summed E-state index contributed by atoms with van der Waals surface area (Å²) in [5, 5.41) is 14.8. The summed E-state index contributed by atoms with van der Waals surface area (Å²) < 4.78 is 1.49. The molecule has 0 spiro atoms. The van der Waals surface area contributed by atoms with Crippen molar-refractivity contribution in [1.82, 2.24) is 14.8 Å². The van der Waals surface area contributed by atoms with E-state index in [0.29, 0.717) is 13.0 Å². The van der Waals surface area contributed by atoms with Crippen LogP contribution in [0.3, 0.4) is 0 Å². The van der Waals surface area contributed by atoms with Crippen LogP contribution in [-0.2, 0) is 6.54 Å². The van der Waals surface area contributed by atoms with E-state index in [0.717, 1.165) is 6.42 Å². The first-order valence-electron chi connectivity index (χ1n) is 3.98. The highest BCUT2D eigenvalue weighted by molar-refractivity contribution is 4.63. The lowest BCUT2D eigenvalue weighted by Gasteiger charge is -2.02. The molecule has 0 radical (unpaired) electrons. The molecule has 1 aromatic rings. The summed E-state index contributed by atoms with van der Waals surface area (Å²) in [7, 11) is 0. The number of hydrogen-bond donors (Lipinski definition) is 2. The highest BCUT2D eigenvalue weighted by Gasteiger charge is 1.98. The normalized spacial score (nSPS) is 13.2. The second-order valence-electron chi connectivity index (χ2n) is 2.85. The van der Waals surface area contributed by atoms with Crippen molar-refractivity contribution in [2.75, 3.05) is 0 Å². The van der Waals surface area contributed by atoms with Gasteiger partial charge in [-0.2, -0.15) is 5.10 Å². The molecule has 0 aliphatic carbocycles. The highest BCUT2D eigenvalue weighted by atomic mass is 16.3. The van der Waals surface area contributed by atoms with Gasteiger partial charge >= 0.3 is 5.69 Å². The van der Waals surface area contributed by atoms with Crippen LogP contribution in [0, 0.1) is 0 Å². The van der Waals surface area contributed by atoms with Crippen LogP contribution in [0.15, 0.2) is 11.1 Å². The minimum absolute atomic E-state index is 0.194. The Morgan fingerprint density at radius 2 is 2.58 bits per heavy atom. The van der Waals surface area contributed by atoms with E-state index in [9.17, 15) is 4.79 Å². The van der Waals surface area contributed by atoms with E-state index in [1.165, 1.54) is 10.9 Å². The summed E-state index contributed by atoms with van der Waals surface area (Å²) in [5.41, 5.74) is -0.194. The predicted octanol–water partition coefficient (Wildman–Crippen LogP) is -0.268. The van der Waals surface area contributed by atoms with Gasteiger partial charge in [0.25, 0.3) is 0 Å². The number of aromatic amines is 1. The molecule has 0 aromatic carbocycles. The number of aromatic nitrogens is 3. The van der Waals surface area contributed by atoms with Crippen molar-refractivity contribution in [3.8, 4) is 0 Å². The molecule has 0 saturated heterocycles. The summed E-state index contributed by atoms with van der Waals surface area (Å²) >= 11 is 0. The van der Waals surface area contributed by atoms with Crippen LogP contribution in [0.25, 0.3) is 0 Å². The number of aryl methyl sites for hydroxylation is 1. The standard InChI is InChI=1S/C7H13N3O2/c1-6(11)3-2-4-10-5-8-9-7(10)12/h5-6,11H,2-4H2,1H3,(H,9,12). The first kappa shape index (κ1) is 8.99. The Hall–Kier alpha value is -1.10. The SMILES string of the molecule is CC(O)CCCn1cn[nH]c1=O. The van der Waals surface area contributed by atoms with E-state index in [1.54, 1.807) is 6.92 Å². The van der Waals surface area contributed by atoms with Gasteiger partial charge in [0.05, 0.1) is 6.10 Å². The van der Waals surface area contributed by atoms with Gasteiger partial charge in [0.2, 0.25) is 0 Å². The summed E-state index contributed by atoms with van der Waals surface area (Å²) in [5.74, 6) is 0. The summed E-state index contributed by atoms with van der Waals surface area (Å²) in [4.78, 5) is 10.9. The van der Waals surface area contributed by atoms with Crippen molar-refractivity contribution in [2.24, 2.45) is 0 Å². The number of aliphatic hydroxyl groups excluding tert-OH is 1. The fourth-order valence-electron chi connectivity index (χ4n) is 0.987. The van der Waals surface area contributed by atoms with E-state index in [2.05, 4.69) is 10.2 Å². The molecular formula is C7H13N3O2. The molecule has 0 fully saturated rings. The van der Waals surface area contributed by atoms with E-state index in [4.69, 9.17) is 5.11 Å². The zero-order chi connectivity index (χ0) is 8.97. The second-order valence-corrected chi connectivity index (χ2v) is 2.85. The zero-order valence-electron chi connectivity index (χ0n) is 7.03. The molecule has 0 bridgehead atoms. The van der Waals surface area contributed by atoms with Gasteiger partial charge in [0, 0.05) is 6.54 Å². The first-order chi connectivity index (χ1) is 5.70. The number of aliphatic hydroxyl groups is 1. The van der Waals surface area contributed by atoms with Crippen LogP contribution in [-0.4, -0.2) is 26.0 Å². The topological polar surface area (TPSA) is 70.9 Å². The molecule has 1 atom stereocenters. The summed E-state index contributed by atoms with van der Waals surface area (Å²) in [6.07, 6.45) is 2.66. The maximum atomic E-state index is 10.9. The van der Waals surface area contributed by atoms with Gasteiger partial charge in [0.15, 0.2) is 0 Å². The van der Waals surface area contributed by atoms with Crippen LogP contribution in [0.4, 0.5) is 0 Å². The molecule has 68 valence electrons. The van der Waals surface area contributed by atoms with Gasteiger partial charge in [-0.15, -0.1) is 0 Å². The first-order valence-corrected chi connectivity index (χ1v) is 3.98. The van der Waals surface area contributed by atoms with Crippen LogP contribution < -0.4 is 5.69 Å². The van der Waals surface area contributed by atoms with Crippen LogP contribution in [0.2, 0.25) is 0 Å². The predicted molar refractivity (Wildman–Crippen MR) is 43.8 cm³/mol. The van der Waals surface area contributed by atoms with Crippen LogP contribution in [0.5, 0.6) is 0 Å². The highest BCUT2D eigenvalue weighted by Crippen LogP contribution is 1.96. The van der Waals surface area contributed by atoms with Crippen molar-refractivity contribution in [1.29, 1.82) is 0 Å². The zero-order valence-corrected chi connectivity index (χ0v) is 7.03. The minimum Gasteiger partial charge on any atom is -0.393 e. The maximum Gasteiger partial charge on any atom is 0.343 e. The lowest BCUT2D eigenvalue weighted by Crippen LogP contribution is -2.16. The molecular weight excluding hydrogens is 158 g/mol. The quantitative estimate of drug-likeness (QED) is 0.655. The number of rotatable bonds is 4. The number of hydrogen-bond acceptors (Lipinski definition) is 3. The van der Waals surface area contributed by atoms with E-state index in [-0.39, 0.29) is 11.8 Å². The van der Waals surface area contributed by atoms with Gasteiger partial charge in [-0.05, 0) is 19.8 Å². The lowest BCUT2D eigenvalue weighted by atomic mass is 10.2. The molecule has 5 nitrogen and oxygen atoms in total. The number of nitrogens with one attached hydrogen (secondary N) is 1. The van der Waals surface area contributed by atoms with Crippen molar-refractivity contribution >= 4 is 0 Å². The van der Waals surface area contributed by atoms with Crippen molar-refractivity contribution < 1.29 is 5.11 Å². The Balaban J connectivity index is 2.34. The van der Waals surface area contributed by atoms with Crippen molar-refractivity contribution in [3.05, 3.63) is 16.8 Å². The number of nitrogens with zero attached hydrogens (tertiary/aromatic N) is 2. The molecule has 2 N–H and O–H groups in total. The largest absolute Gasteiger partial charge is 0.393 e. The smallest absolute Gasteiger partial charge is 0.343 e. The molecule has 1 rings (SSSR count). The Kier molecular flexibility index (Phi) is 3.04. The third-order valence-corrected chi connectivity index (χ3v) is 1.64. The average molecular weight is 171 g/mol. The van der Waals surface area contributed by atoms with Gasteiger partial charge < -0.3 is 5.11 Å². The van der Waals surface area contributed by atoms with Crippen molar-refractivity contribution in [3.63, 3.8) is 0 Å². The molecule has 0 aliphatic heterocycles. The molecule has 1 heterocycles. The average Bonchev–Trinajstić information content (AvgIpc) is 2.36. The van der Waals surface area contributed by atoms with E-state index < -0.39 is 0 Å². The molecule has 0 amide bonds. The lowest BCUT2D eigenvalue weighted by molar-refractivity contribution is 0.179. The Bertz CT molecular complexity index is 276. The maximum absolute atomic E-state index is 10.9. The molecule has 1 aromatic heterocycles. The molecule has 0 saturated carbocycles. The third kappa shape index (κ3) is 2.50. The van der Waals surface area contributed by atoms with Gasteiger partial charge in [-0.3, -0.25) is 4.57 Å². The molecule has 5 heteroatoms. The Morgan fingerprint density at radius 3 is 3.08 bits per heavy atom. The van der Waals surface area contributed by atoms with Crippen LogP contribution in [0.1, 0.15) is 19.8 Å². The van der Waals surface area contributed by atoms with E-state index in [1.807, 2.05) is 0 Å². The van der Waals surface area contributed by atoms with Crippen LogP contribution >= 0.6 is 0 Å². The Labute approximate surface area is 70.0 Å². The fraction of sp³-hybridized carbons (Fsp3) is 0.714. The second kappa shape index (κ2) is 4.06. The summed E-state index contributed by atoms with van der Waals surface area (Å²) in [6, 6.07) is 0. The molecule has 12 heavy (non-hydrogen) atoms. The van der Waals surface area contributed by atoms with Gasteiger partial charge in [-0.25, -0.2) is 9.89 Å². The number of H-pyrrole nitrogens is 1. The van der Waals surface area contributed by atoms with Crippen molar-refractivity contribution in [2.45, 2.75) is 32.4 Å².